The number of benzene rings is 1. The van der Waals surface area contributed by atoms with Gasteiger partial charge in [0.25, 0.3) is 11.6 Å². The van der Waals surface area contributed by atoms with Gasteiger partial charge in [0, 0.05) is 16.7 Å². The van der Waals surface area contributed by atoms with Gasteiger partial charge in [0.1, 0.15) is 0 Å². The number of rotatable bonds is 4. The van der Waals surface area contributed by atoms with Gasteiger partial charge in [0.15, 0.2) is 6.61 Å². The minimum absolute atomic E-state index is 0.253. The van der Waals surface area contributed by atoms with Crippen LogP contribution in [0.2, 0.25) is 0 Å². The van der Waals surface area contributed by atoms with E-state index in [0.717, 1.165) is 21.9 Å². The molecule has 1 unspecified atom stereocenters. The second-order valence-electron chi connectivity index (χ2n) is 7.79. The van der Waals surface area contributed by atoms with Crippen LogP contribution in [0.15, 0.2) is 57.3 Å². The molecule has 0 fully saturated rings. The van der Waals surface area contributed by atoms with E-state index in [2.05, 4.69) is 17.1 Å². The first-order valence-corrected chi connectivity index (χ1v) is 12.3. The molecular formula is C24H21N3O4S2. The van der Waals surface area contributed by atoms with Gasteiger partial charge in [-0.25, -0.2) is 9.78 Å². The molecule has 4 aromatic rings. The molecule has 0 bridgehead atoms. The van der Waals surface area contributed by atoms with Crippen molar-refractivity contribution < 1.29 is 18.8 Å². The van der Waals surface area contributed by atoms with Crippen molar-refractivity contribution in [3.8, 4) is 10.6 Å². The zero-order valence-corrected chi connectivity index (χ0v) is 19.7. The van der Waals surface area contributed by atoms with Crippen LogP contribution in [-0.2, 0) is 9.53 Å². The number of nitrogens with zero attached hydrogens (tertiary/aromatic N) is 3. The van der Waals surface area contributed by atoms with E-state index in [1.807, 2.05) is 41.8 Å². The summed E-state index contributed by atoms with van der Waals surface area (Å²) in [7, 11) is 0. The maximum absolute atomic E-state index is 13.1. The van der Waals surface area contributed by atoms with Crippen LogP contribution in [0.25, 0.3) is 21.7 Å². The molecular weight excluding hydrogens is 458 g/mol. The molecule has 33 heavy (non-hydrogen) atoms. The number of esters is 1. The maximum Gasteiger partial charge on any atom is 0.339 e. The molecule has 4 heterocycles. The zero-order chi connectivity index (χ0) is 22.9. The summed E-state index contributed by atoms with van der Waals surface area (Å²) >= 11 is 3.26. The molecule has 1 amide bonds. The number of para-hydroxylation sites is 1. The average molecular weight is 480 g/mol. The number of carbonyl (C=O) groups excluding carboxylic acids is 2. The predicted molar refractivity (Wildman–Crippen MR) is 129 cm³/mol. The predicted octanol–water partition coefficient (Wildman–Crippen LogP) is 5.33. The van der Waals surface area contributed by atoms with Crippen molar-refractivity contribution in [1.29, 1.82) is 0 Å². The number of amides is 1. The molecule has 0 radical (unpaired) electrons. The molecule has 0 saturated heterocycles. The smallest absolute Gasteiger partial charge is 0.339 e. The van der Waals surface area contributed by atoms with E-state index in [9.17, 15) is 9.59 Å². The molecule has 5 rings (SSSR count). The minimum Gasteiger partial charge on any atom is -0.452 e. The summed E-state index contributed by atoms with van der Waals surface area (Å²) in [5.74, 6) is -0.859. The lowest BCUT2D eigenvalue weighted by Gasteiger charge is -2.22. The molecule has 7 nitrogen and oxygen atoms in total. The Bertz CT molecular complexity index is 1330. The SMILES string of the molecule is Cc1noc2nc(-c3cccs3)cc(C(=O)OCC(=O)N3CCC(C)Sc4ccccc43)c12. The summed E-state index contributed by atoms with van der Waals surface area (Å²) in [6.45, 7) is 4.12. The van der Waals surface area contributed by atoms with Crippen LogP contribution in [0, 0.1) is 6.92 Å². The molecule has 1 aromatic carbocycles. The first-order valence-electron chi connectivity index (χ1n) is 10.6. The molecule has 1 atom stereocenters. The Balaban J connectivity index is 1.40. The minimum atomic E-state index is -0.606. The summed E-state index contributed by atoms with van der Waals surface area (Å²) in [4.78, 5) is 34.3. The van der Waals surface area contributed by atoms with E-state index >= 15 is 0 Å². The van der Waals surface area contributed by atoms with Gasteiger partial charge in [-0.2, -0.15) is 0 Å². The number of carbonyl (C=O) groups is 2. The van der Waals surface area contributed by atoms with Crippen molar-refractivity contribution in [2.24, 2.45) is 0 Å². The number of ether oxygens (including phenoxy) is 1. The van der Waals surface area contributed by atoms with Crippen molar-refractivity contribution in [1.82, 2.24) is 10.1 Å². The summed E-state index contributed by atoms with van der Waals surface area (Å²) in [5.41, 5.74) is 2.55. The molecule has 0 spiro atoms. The largest absolute Gasteiger partial charge is 0.452 e. The van der Waals surface area contributed by atoms with E-state index in [0.29, 0.717) is 28.6 Å². The quantitative estimate of drug-likeness (QED) is 0.366. The Hall–Kier alpha value is -3.17. The molecule has 0 aliphatic carbocycles. The van der Waals surface area contributed by atoms with Gasteiger partial charge in [-0.3, -0.25) is 4.79 Å². The summed E-state index contributed by atoms with van der Waals surface area (Å²) in [6.07, 6.45) is 0.855. The van der Waals surface area contributed by atoms with Crippen LogP contribution in [0.5, 0.6) is 0 Å². The van der Waals surface area contributed by atoms with Gasteiger partial charge < -0.3 is 14.2 Å². The highest BCUT2D eigenvalue weighted by Gasteiger charge is 2.26. The van der Waals surface area contributed by atoms with Crippen molar-refractivity contribution in [2.45, 2.75) is 30.4 Å². The molecule has 3 aromatic heterocycles. The highest BCUT2D eigenvalue weighted by molar-refractivity contribution is 8.00. The summed E-state index contributed by atoms with van der Waals surface area (Å²) < 4.78 is 10.8. The average Bonchev–Trinajstić information content (AvgIpc) is 3.44. The topological polar surface area (TPSA) is 85.5 Å². The maximum atomic E-state index is 13.1. The van der Waals surface area contributed by atoms with E-state index < -0.39 is 5.97 Å². The Morgan fingerprint density at radius 1 is 1.24 bits per heavy atom. The van der Waals surface area contributed by atoms with Crippen molar-refractivity contribution in [3.05, 3.63) is 59.1 Å². The van der Waals surface area contributed by atoms with Gasteiger partial charge in [0.05, 0.1) is 32.9 Å². The van der Waals surface area contributed by atoms with Gasteiger partial charge >= 0.3 is 5.97 Å². The number of hydrogen-bond acceptors (Lipinski definition) is 8. The van der Waals surface area contributed by atoms with Crippen LogP contribution in [0.4, 0.5) is 5.69 Å². The Morgan fingerprint density at radius 3 is 2.91 bits per heavy atom. The number of fused-ring (bicyclic) bond motifs is 2. The van der Waals surface area contributed by atoms with E-state index in [4.69, 9.17) is 9.26 Å². The second kappa shape index (κ2) is 8.99. The number of pyridine rings is 1. The third kappa shape index (κ3) is 4.26. The molecule has 0 N–H and O–H groups in total. The molecule has 168 valence electrons. The van der Waals surface area contributed by atoms with Crippen LogP contribution in [0.1, 0.15) is 29.4 Å². The fraction of sp³-hybridized carbons (Fsp3) is 0.250. The van der Waals surface area contributed by atoms with Crippen molar-refractivity contribution >= 4 is 51.8 Å². The van der Waals surface area contributed by atoms with Crippen LogP contribution in [-0.4, -0.2) is 40.4 Å². The number of thioether (sulfide) groups is 1. The lowest BCUT2D eigenvalue weighted by Crippen LogP contribution is -2.35. The van der Waals surface area contributed by atoms with Gasteiger partial charge in [-0.1, -0.05) is 30.3 Å². The van der Waals surface area contributed by atoms with E-state index in [1.54, 1.807) is 29.7 Å². The molecule has 1 aliphatic rings. The molecule has 1 aliphatic heterocycles. The lowest BCUT2D eigenvalue weighted by atomic mass is 10.1. The first-order chi connectivity index (χ1) is 16.0. The third-order valence-corrected chi connectivity index (χ3v) is 7.61. The van der Waals surface area contributed by atoms with Crippen molar-refractivity contribution in [3.63, 3.8) is 0 Å². The number of anilines is 1. The molecule has 0 saturated carbocycles. The number of aryl methyl sites for hydroxylation is 1. The highest BCUT2D eigenvalue weighted by atomic mass is 32.2. The monoisotopic (exact) mass is 479 g/mol. The summed E-state index contributed by atoms with van der Waals surface area (Å²) in [5, 5.41) is 6.78. The standard InChI is InChI=1S/C24H21N3O4S2/c1-14-9-10-27(18-6-3-4-7-20(18)33-14)21(28)13-30-24(29)16-12-17(19-8-5-11-32-19)25-23-22(16)15(2)26-31-23/h3-8,11-12,14H,9-10,13H2,1-2H3. The molecule has 9 heteroatoms. The zero-order valence-electron chi connectivity index (χ0n) is 18.1. The van der Waals surface area contributed by atoms with Crippen LogP contribution in [0.3, 0.4) is 0 Å². The Labute approximate surface area is 198 Å². The fourth-order valence-corrected chi connectivity index (χ4v) is 5.63. The van der Waals surface area contributed by atoms with Gasteiger partial charge in [-0.15, -0.1) is 23.1 Å². The Kier molecular flexibility index (Phi) is 5.90. The number of hydrogen-bond donors (Lipinski definition) is 0. The van der Waals surface area contributed by atoms with Crippen LogP contribution < -0.4 is 4.90 Å². The van der Waals surface area contributed by atoms with Crippen LogP contribution >= 0.6 is 23.1 Å². The second-order valence-corrected chi connectivity index (χ2v) is 10.2. The fourth-order valence-electron chi connectivity index (χ4n) is 3.84. The van der Waals surface area contributed by atoms with Crippen molar-refractivity contribution in [2.75, 3.05) is 18.1 Å². The third-order valence-electron chi connectivity index (χ3n) is 5.48. The normalized spacial score (nSPS) is 15.8. The Morgan fingerprint density at radius 2 is 2.09 bits per heavy atom. The van der Waals surface area contributed by atoms with Gasteiger partial charge in [-0.05, 0) is 43.0 Å². The first kappa shape index (κ1) is 21.7. The summed E-state index contributed by atoms with van der Waals surface area (Å²) in [6, 6.07) is 13.3. The highest BCUT2D eigenvalue weighted by Crippen LogP contribution is 2.37. The number of aromatic nitrogens is 2. The lowest BCUT2D eigenvalue weighted by molar-refractivity contribution is -0.121. The van der Waals surface area contributed by atoms with E-state index in [-0.39, 0.29) is 23.8 Å². The number of thiophene rings is 1. The van der Waals surface area contributed by atoms with E-state index in [1.165, 1.54) is 11.3 Å². The van der Waals surface area contributed by atoms with Gasteiger partial charge in [0.2, 0.25) is 0 Å².